The van der Waals surface area contributed by atoms with Crippen LogP contribution in [-0.4, -0.2) is 28.0 Å². The fourth-order valence-corrected chi connectivity index (χ4v) is 2.56. The molecule has 1 amide bonds. The van der Waals surface area contributed by atoms with Gasteiger partial charge < -0.3 is 14.8 Å². The third-order valence-electron chi connectivity index (χ3n) is 3.95. The van der Waals surface area contributed by atoms with E-state index in [1.165, 1.54) is 6.39 Å². The fourth-order valence-electron chi connectivity index (χ4n) is 2.56. The first kappa shape index (κ1) is 13.6. The summed E-state index contributed by atoms with van der Waals surface area (Å²) in [5, 5.41) is 12.2. The van der Waals surface area contributed by atoms with Gasteiger partial charge in [0.15, 0.2) is 6.39 Å². The molecule has 1 aliphatic carbocycles. The van der Waals surface area contributed by atoms with Crippen molar-refractivity contribution >= 4 is 11.9 Å². The minimum Gasteiger partial charge on any atom is -0.481 e. The quantitative estimate of drug-likeness (QED) is 0.869. The van der Waals surface area contributed by atoms with Crippen LogP contribution in [0.1, 0.15) is 48.9 Å². The number of rotatable bonds is 3. The molecule has 2 N–H and O–H groups in total. The van der Waals surface area contributed by atoms with Crippen LogP contribution in [0.4, 0.5) is 0 Å². The highest BCUT2D eigenvalue weighted by Gasteiger charge is 2.44. The number of oxazole rings is 1. The van der Waals surface area contributed by atoms with E-state index in [4.69, 9.17) is 4.42 Å². The van der Waals surface area contributed by atoms with E-state index in [1.54, 1.807) is 13.8 Å². The molecule has 1 heterocycles. The van der Waals surface area contributed by atoms with E-state index in [9.17, 15) is 14.7 Å². The molecule has 2 atom stereocenters. The average molecular weight is 266 g/mol. The van der Waals surface area contributed by atoms with Crippen LogP contribution in [-0.2, 0) is 4.79 Å². The summed E-state index contributed by atoms with van der Waals surface area (Å²) in [5.41, 5.74) is -0.410. The molecule has 1 fully saturated rings. The Morgan fingerprint density at radius 2 is 2.26 bits per heavy atom. The van der Waals surface area contributed by atoms with E-state index in [0.717, 1.165) is 12.8 Å². The summed E-state index contributed by atoms with van der Waals surface area (Å²) in [6.45, 7) is 3.36. The summed E-state index contributed by atoms with van der Waals surface area (Å²) in [5.74, 6) is -1.11. The van der Waals surface area contributed by atoms with Gasteiger partial charge in [-0.05, 0) is 26.7 Å². The van der Waals surface area contributed by atoms with E-state index >= 15 is 0 Å². The van der Waals surface area contributed by atoms with Crippen molar-refractivity contribution in [3.8, 4) is 0 Å². The summed E-state index contributed by atoms with van der Waals surface area (Å²) in [6.07, 6.45) is 4.24. The van der Waals surface area contributed by atoms with E-state index < -0.39 is 17.3 Å². The van der Waals surface area contributed by atoms with Crippen molar-refractivity contribution in [2.45, 2.75) is 45.6 Å². The van der Waals surface area contributed by atoms with Gasteiger partial charge in [0.1, 0.15) is 0 Å². The number of aromatic nitrogens is 1. The summed E-state index contributed by atoms with van der Waals surface area (Å²) >= 11 is 0. The number of amides is 1. The Morgan fingerprint density at radius 1 is 1.53 bits per heavy atom. The molecule has 1 saturated carbocycles. The number of nitrogens with zero attached hydrogens (tertiary/aromatic N) is 1. The molecule has 19 heavy (non-hydrogen) atoms. The van der Waals surface area contributed by atoms with Gasteiger partial charge >= 0.3 is 5.97 Å². The fraction of sp³-hybridized carbons (Fsp3) is 0.615. The third kappa shape index (κ3) is 2.47. The van der Waals surface area contributed by atoms with Crippen molar-refractivity contribution in [3.05, 3.63) is 17.8 Å². The van der Waals surface area contributed by atoms with Gasteiger partial charge in [-0.15, -0.1) is 0 Å². The summed E-state index contributed by atoms with van der Waals surface area (Å²) < 4.78 is 5.03. The SMILES string of the molecule is Cc1ncoc1C(=O)NC1CCCCC1(C)C(=O)O. The standard InChI is InChI=1S/C13H18N2O4/c1-8-10(19-7-14-8)11(16)15-9-5-3-4-6-13(9,2)12(17)18/h7,9H,3-6H2,1-2H3,(H,15,16)(H,17,18). The zero-order chi connectivity index (χ0) is 14.0. The molecule has 1 aliphatic rings. The Labute approximate surface area is 111 Å². The molecule has 104 valence electrons. The topological polar surface area (TPSA) is 92.4 Å². The summed E-state index contributed by atoms with van der Waals surface area (Å²) in [4.78, 5) is 27.4. The second-order valence-corrected chi connectivity index (χ2v) is 5.26. The molecule has 0 radical (unpaired) electrons. The Balaban J connectivity index is 2.15. The normalized spacial score (nSPS) is 26.9. The monoisotopic (exact) mass is 266 g/mol. The maximum atomic E-state index is 12.1. The lowest BCUT2D eigenvalue weighted by molar-refractivity contribution is -0.151. The van der Waals surface area contributed by atoms with Gasteiger partial charge in [-0.3, -0.25) is 9.59 Å². The van der Waals surface area contributed by atoms with Crippen molar-refractivity contribution in [1.82, 2.24) is 10.3 Å². The molecule has 6 nitrogen and oxygen atoms in total. The van der Waals surface area contributed by atoms with E-state index in [1.807, 2.05) is 0 Å². The maximum absolute atomic E-state index is 12.1. The molecule has 0 aliphatic heterocycles. The number of hydrogen-bond acceptors (Lipinski definition) is 4. The lowest BCUT2D eigenvalue weighted by atomic mass is 9.71. The minimum absolute atomic E-state index is 0.151. The van der Waals surface area contributed by atoms with E-state index in [-0.39, 0.29) is 11.8 Å². The first-order valence-electron chi connectivity index (χ1n) is 6.39. The zero-order valence-corrected chi connectivity index (χ0v) is 11.1. The second kappa shape index (κ2) is 5.03. The van der Waals surface area contributed by atoms with Gasteiger partial charge in [0.05, 0.1) is 11.1 Å². The van der Waals surface area contributed by atoms with Gasteiger partial charge in [0, 0.05) is 6.04 Å². The smallest absolute Gasteiger partial charge is 0.311 e. The molecule has 2 unspecified atom stereocenters. The summed E-state index contributed by atoms with van der Waals surface area (Å²) in [6, 6.07) is -0.379. The first-order chi connectivity index (χ1) is 8.95. The minimum atomic E-state index is -0.915. The molecular weight excluding hydrogens is 248 g/mol. The lowest BCUT2D eigenvalue weighted by Gasteiger charge is -2.38. The first-order valence-corrected chi connectivity index (χ1v) is 6.39. The molecule has 0 aromatic carbocycles. The molecule has 6 heteroatoms. The largest absolute Gasteiger partial charge is 0.481 e. The second-order valence-electron chi connectivity index (χ2n) is 5.26. The van der Waals surface area contributed by atoms with Crippen molar-refractivity contribution in [2.24, 2.45) is 5.41 Å². The van der Waals surface area contributed by atoms with Crippen LogP contribution in [0, 0.1) is 12.3 Å². The number of aliphatic carboxylic acids is 1. The third-order valence-corrected chi connectivity index (χ3v) is 3.95. The number of carboxylic acids is 1. The molecule has 2 rings (SSSR count). The van der Waals surface area contributed by atoms with Crippen molar-refractivity contribution in [3.63, 3.8) is 0 Å². The molecule has 0 saturated heterocycles. The van der Waals surface area contributed by atoms with Crippen LogP contribution in [0.3, 0.4) is 0 Å². The number of nitrogens with one attached hydrogen (secondary N) is 1. The Bertz CT molecular complexity index is 497. The van der Waals surface area contributed by atoms with Gasteiger partial charge in [-0.25, -0.2) is 4.98 Å². The highest BCUT2D eigenvalue weighted by molar-refractivity contribution is 5.93. The molecule has 1 aromatic heterocycles. The number of carbonyl (C=O) groups excluding carboxylic acids is 1. The van der Waals surface area contributed by atoms with Crippen LogP contribution < -0.4 is 5.32 Å². The molecule has 1 aromatic rings. The number of carbonyl (C=O) groups is 2. The predicted molar refractivity (Wildman–Crippen MR) is 66.7 cm³/mol. The maximum Gasteiger partial charge on any atom is 0.311 e. The molecular formula is C13H18N2O4. The number of carboxylic acid groups (broad SMARTS) is 1. The van der Waals surface area contributed by atoms with E-state index in [2.05, 4.69) is 10.3 Å². The van der Waals surface area contributed by atoms with Crippen molar-refractivity contribution < 1.29 is 19.1 Å². The lowest BCUT2D eigenvalue weighted by Crippen LogP contribution is -2.52. The Kier molecular flexibility index (Phi) is 3.59. The van der Waals surface area contributed by atoms with Crippen molar-refractivity contribution in [2.75, 3.05) is 0 Å². The van der Waals surface area contributed by atoms with Crippen LogP contribution in [0.15, 0.2) is 10.8 Å². The van der Waals surface area contributed by atoms with Gasteiger partial charge in [-0.2, -0.15) is 0 Å². The molecule has 0 spiro atoms. The predicted octanol–water partition coefficient (Wildman–Crippen LogP) is 1.75. The van der Waals surface area contributed by atoms with Crippen LogP contribution >= 0.6 is 0 Å². The van der Waals surface area contributed by atoms with Crippen LogP contribution in [0.25, 0.3) is 0 Å². The molecule has 0 bridgehead atoms. The van der Waals surface area contributed by atoms with Gasteiger partial charge in [0.2, 0.25) is 5.76 Å². The van der Waals surface area contributed by atoms with Crippen molar-refractivity contribution in [1.29, 1.82) is 0 Å². The zero-order valence-electron chi connectivity index (χ0n) is 11.1. The van der Waals surface area contributed by atoms with Crippen LogP contribution in [0.5, 0.6) is 0 Å². The van der Waals surface area contributed by atoms with Gasteiger partial charge in [0.25, 0.3) is 5.91 Å². The Hall–Kier alpha value is -1.85. The van der Waals surface area contributed by atoms with E-state index in [0.29, 0.717) is 18.5 Å². The summed E-state index contributed by atoms with van der Waals surface area (Å²) in [7, 11) is 0. The Morgan fingerprint density at radius 3 is 2.84 bits per heavy atom. The number of hydrogen-bond donors (Lipinski definition) is 2. The van der Waals surface area contributed by atoms with Crippen LogP contribution in [0.2, 0.25) is 0 Å². The highest BCUT2D eigenvalue weighted by Crippen LogP contribution is 2.36. The highest BCUT2D eigenvalue weighted by atomic mass is 16.4. The average Bonchev–Trinajstić information content (AvgIpc) is 2.78. The van der Waals surface area contributed by atoms with Gasteiger partial charge in [-0.1, -0.05) is 12.8 Å². The number of aryl methyl sites for hydroxylation is 1.